The number of halogens is 1. The van der Waals surface area contributed by atoms with Crippen molar-refractivity contribution >= 4 is 75.9 Å². The number of thiophene rings is 1. The number of carbonyl (C=O) groups is 3. The zero-order valence-electron chi connectivity index (χ0n) is 36.8. The summed E-state index contributed by atoms with van der Waals surface area (Å²) in [7, 11) is 2.62. The second kappa shape index (κ2) is 17.5. The van der Waals surface area contributed by atoms with Crippen LogP contribution in [0.5, 0.6) is 5.75 Å². The summed E-state index contributed by atoms with van der Waals surface area (Å²) < 4.78 is 21.1. The SMILES string of the molecule is COC(=O)C[C@@H]1N=C(c2ccc(Cl)cc2)c2c(sc(C(=O)NBNC(=O)Cn3c(=O)n([C@H](C)c4ccccn4)c4c5cc(OC)c(-c6c(C)noc6C)cc5ncc43)c2C)-n2c(C)nnc21. The van der Waals surface area contributed by atoms with Crippen LogP contribution in [0.2, 0.25) is 5.02 Å². The fourth-order valence-corrected chi connectivity index (χ4v) is 9.86. The molecular formula is C45H41BClN11O7S. The number of benzene rings is 2. The van der Waals surface area contributed by atoms with Gasteiger partial charge in [-0.25, -0.2) is 4.79 Å². The molecule has 1 aliphatic heterocycles. The summed E-state index contributed by atoms with van der Waals surface area (Å²) in [6.45, 7) is 8.75. The van der Waals surface area contributed by atoms with Gasteiger partial charge in [0.1, 0.15) is 34.9 Å². The fraction of sp³-hybridized carbons (Fsp3) is 0.244. The average molecular weight is 926 g/mol. The van der Waals surface area contributed by atoms with Gasteiger partial charge in [0.15, 0.2) is 5.82 Å². The summed E-state index contributed by atoms with van der Waals surface area (Å²) in [6, 6.07) is 15.0. The van der Waals surface area contributed by atoms with Gasteiger partial charge in [-0.2, -0.15) is 0 Å². The highest BCUT2D eigenvalue weighted by Gasteiger charge is 2.34. The molecule has 0 spiro atoms. The molecule has 1 aliphatic rings. The third-order valence-corrected chi connectivity index (χ3v) is 13.2. The maximum atomic E-state index is 14.6. The minimum absolute atomic E-state index is 0.0876. The molecular weight excluding hydrogens is 885 g/mol. The van der Waals surface area contributed by atoms with Crippen LogP contribution in [0, 0.1) is 27.7 Å². The predicted octanol–water partition coefficient (Wildman–Crippen LogP) is 5.82. The van der Waals surface area contributed by atoms with Gasteiger partial charge < -0.3 is 24.5 Å². The van der Waals surface area contributed by atoms with Gasteiger partial charge in [0, 0.05) is 33.3 Å². The highest BCUT2D eigenvalue weighted by Crippen LogP contribution is 2.41. The number of amides is 2. The number of imidazole rings is 1. The number of nitrogens with zero attached hydrogens (tertiary/aromatic N) is 9. The normalized spacial score (nSPS) is 13.7. The Morgan fingerprint density at radius 3 is 2.48 bits per heavy atom. The van der Waals surface area contributed by atoms with Crippen molar-refractivity contribution in [2.75, 3.05) is 14.2 Å². The average Bonchev–Trinajstić information content (AvgIpc) is 4.02. The smallest absolute Gasteiger partial charge is 0.356 e. The number of esters is 1. The minimum atomic E-state index is -0.736. The van der Waals surface area contributed by atoms with Crippen LogP contribution in [-0.2, 0) is 20.9 Å². The third-order valence-electron chi connectivity index (χ3n) is 11.7. The van der Waals surface area contributed by atoms with Crippen LogP contribution < -0.4 is 20.9 Å². The Bertz CT molecular complexity index is 3320. The Morgan fingerprint density at radius 1 is 1.00 bits per heavy atom. The van der Waals surface area contributed by atoms with Crippen molar-refractivity contribution < 1.29 is 28.4 Å². The fourth-order valence-electron chi connectivity index (χ4n) is 8.46. The van der Waals surface area contributed by atoms with E-state index in [2.05, 4.69) is 30.8 Å². The van der Waals surface area contributed by atoms with Crippen LogP contribution in [0.15, 0.2) is 81.3 Å². The second-order valence-corrected chi connectivity index (χ2v) is 17.1. The van der Waals surface area contributed by atoms with E-state index in [1.165, 1.54) is 23.0 Å². The van der Waals surface area contributed by atoms with E-state index in [9.17, 15) is 19.2 Å². The van der Waals surface area contributed by atoms with Gasteiger partial charge in [-0.05, 0) is 76.6 Å². The molecule has 2 aromatic carbocycles. The molecule has 0 radical (unpaired) electrons. The number of methoxy groups -OCH3 is 2. The van der Waals surface area contributed by atoms with Crippen molar-refractivity contribution in [3.8, 4) is 21.9 Å². The first-order valence-corrected chi connectivity index (χ1v) is 22.0. The van der Waals surface area contributed by atoms with Crippen molar-refractivity contribution in [1.82, 2.24) is 49.5 Å². The maximum absolute atomic E-state index is 14.6. The summed E-state index contributed by atoms with van der Waals surface area (Å²) in [5, 5.41) is 20.2. The maximum Gasteiger partial charge on any atom is 0.356 e. The van der Waals surface area contributed by atoms with Crippen molar-refractivity contribution in [2.24, 2.45) is 4.99 Å². The van der Waals surface area contributed by atoms with Gasteiger partial charge >= 0.3 is 19.2 Å². The van der Waals surface area contributed by atoms with Gasteiger partial charge in [-0.3, -0.25) is 43.0 Å². The Labute approximate surface area is 385 Å². The van der Waals surface area contributed by atoms with E-state index in [0.717, 1.165) is 11.1 Å². The minimum Gasteiger partial charge on any atom is -0.496 e. The van der Waals surface area contributed by atoms with Gasteiger partial charge in [0.05, 0.1) is 77.0 Å². The van der Waals surface area contributed by atoms with Crippen molar-refractivity contribution in [1.29, 1.82) is 0 Å². The van der Waals surface area contributed by atoms with Gasteiger partial charge in [0.25, 0.3) is 5.91 Å². The second-order valence-electron chi connectivity index (χ2n) is 15.7. The Hall–Kier alpha value is -7.45. The van der Waals surface area contributed by atoms with Crippen molar-refractivity contribution in [3.05, 3.63) is 133 Å². The van der Waals surface area contributed by atoms with Gasteiger partial charge in [-0.1, -0.05) is 35.0 Å². The van der Waals surface area contributed by atoms with E-state index in [0.29, 0.717) is 93.8 Å². The number of aliphatic imine (C=N–C) groups is 1. The molecule has 0 unspecified atom stereocenters. The number of aromatic nitrogens is 8. The first kappa shape index (κ1) is 43.8. The standard InChI is InChI=1S/C45H41BClN11O7S/c1-21-37-39(26-11-13-27(47)14-12-26)50-32(18-36(60)64-7)42-54-53-25(5)58(42)44(37)66-41(21)43(61)52-46-51-35(59)20-56-33-19-49-31-16-29(38-22(2)55-65-24(38)4)34(63-6)17-28(31)40(33)57(45(56)62)23(3)30-10-8-9-15-48-30/h8-17,19,23,32,46H,18,20H2,1-7H3,(H,51,59)(H,52,61)/t23-,32+/m1/s1. The first-order chi connectivity index (χ1) is 31.8. The predicted molar refractivity (Wildman–Crippen MR) is 249 cm³/mol. The Kier molecular flexibility index (Phi) is 11.6. The van der Waals surface area contributed by atoms with Crippen LogP contribution >= 0.6 is 22.9 Å². The van der Waals surface area contributed by atoms with Crippen molar-refractivity contribution in [3.63, 3.8) is 0 Å². The molecule has 0 fully saturated rings. The van der Waals surface area contributed by atoms with E-state index in [4.69, 9.17) is 35.6 Å². The lowest BCUT2D eigenvalue weighted by molar-refractivity contribution is -0.141. The summed E-state index contributed by atoms with van der Waals surface area (Å²) in [5.41, 5.74) is 6.40. The largest absolute Gasteiger partial charge is 0.496 e. The number of aryl methyl sites for hydroxylation is 3. The van der Waals surface area contributed by atoms with E-state index in [-0.39, 0.29) is 20.5 Å². The molecule has 334 valence electrons. The van der Waals surface area contributed by atoms with Gasteiger partial charge in [0.2, 0.25) is 5.91 Å². The number of carbonyl (C=O) groups excluding carboxylic acids is 3. The summed E-state index contributed by atoms with van der Waals surface area (Å²) in [4.78, 5) is 69.6. The van der Waals surface area contributed by atoms with Crippen LogP contribution in [-0.4, -0.2) is 84.3 Å². The molecule has 7 heterocycles. The highest BCUT2D eigenvalue weighted by molar-refractivity contribution is 7.17. The molecule has 6 aromatic heterocycles. The zero-order chi connectivity index (χ0) is 46.6. The third kappa shape index (κ3) is 7.60. The molecule has 66 heavy (non-hydrogen) atoms. The molecule has 0 aliphatic carbocycles. The van der Waals surface area contributed by atoms with Crippen LogP contribution in [0.1, 0.15) is 80.6 Å². The molecule has 9 rings (SSSR count). The van der Waals surface area contributed by atoms with Crippen molar-refractivity contribution in [2.45, 2.75) is 59.7 Å². The van der Waals surface area contributed by atoms with Crippen LogP contribution in [0.25, 0.3) is 38.1 Å². The summed E-state index contributed by atoms with van der Waals surface area (Å²) in [5.74, 6) is 0.611. The van der Waals surface area contributed by atoms with E-state index >= 15 is 0 Å². The lowest BCUT2D eigenvalue weighted by atomic mass is 9.99. The number of pyridine rings is 2. The highest BCUT2D eigenvalue weighted by atomic mass is 35.5. The molecule has 21 heteroatoms. The summed E-state index contributed by atoms with van der Waals surface area (Å²) >= 11 is 7.47. The molecule has 2 atom stereocenters. The quantitative estimate of drug-likeness (QED) is 0.110. The number of rotatable bonds is 12. The zero-order valence-corrected chi connectivity index (χ0v) is 38.4. The van der Waals surface area contributed by atoms with Crippen LogP contribution in [0.4, 0.5) is 0 Å². The number of ether oxygens (including phenoxy) is 2. The molecule has 2 N–H and O–H groups in total. The number of hydrogen-bond acceptors (Lipinski definition) is 14. The van der Waals surface area contributed by atoms with E-state index in [1.807, 2.05) is 64.1 Å². The lowest BCUT2D eigenvalue weighted by Crippen LogP contribution is -2.43. The van der Waals surface area contributed by atoms with E-state index in [1.54, 1.807) is 53.8 Å². The number of fused-ring (bicyclic) bond motifs is 6. The topological polar surface area (TPSA) is 216 Å². The molecule has 0 saturated carbocycles. The molecule has 0 bridgehead atoms. The lowest BCUT2D eigenvalue weighted by Gasteiger charge is -2.15. The van der Waals surface area contributed by atoms with Crippen LogP contribution in [0.3, 0.4) is 0 Å². The molecule has 18 nitrogen and oxygen atoms in total. The Morgan fingerprint density at radius 2 is 1.79 bits per heavy atom. The Balaban J connectivity index is 1.02. The van der Waals surface area contributed by atoms with E-state index < -0.39 is 35.6 Å². The summed E-state index contributed by atoms with van der Waals surface area (Å²) in [6.07, 6.45) is 3.15. The number of nitrogens with one attached hydrogen (secondary N) is 2. The number of hydrogen-bond donors (Lipinski definition) is 2. The molecule has 0 saturated heterocycles. The molecule has 2 amide bonds. The molecule has 8 aromatic rings. The van der Waals surface area contributed by atoms with Gasteiger partial charge in [-0.15, -0.1) is 21.5 Å². The first-order valence-electron chi connectivity index (χ1n) is 20.8. The monoisotopic (exact) mass is 925 g/mol.